The van der Waals surface area contributed by atoms with Gasteiger partial charge in [-0.1, -0.05) is 11.6 Å². The molecule has 0 aliphatic carbocycles. The highest BCUT2D eigenvalue weighted by molar-refractivity contribution is 7.98. The van der Waals surface area contributed by atoms with Gasteiger partial charge in [-0.3, -0.25) is 4.79 Å². The molecular formula is C13H15ClO2S. The summed E-state index contributed by atoms with van der Waals surface area (Å²) in [6.45, 7) is 0.696. The number of ketones is 1. The second-order valence-electron chi connectivity index (χ2n) is 4.11. The summed E-state index contributed by atoms with van der Waals surface area (Å²) in [6, 6.07) is 3.78. The fourth-order valence-corrected chi connectivity index (χ4v) is 2.69. The van der Waals surface area contributed by atoms with Crippen LogP contribution in [0.15, 0.2) is 12.1 Å². The van der Waals surface area contributed by atoms with E-state index in [1.165, 1.54) is 0 Å². The Morgan fingerprint density at radius 1 is 1.53 bits per heavy atom. The summed E-state index contributed by atoms with van der Waals surface area (Å²) in [4.78, 5) is 11.8. The molecule has 0 bridgehead atoms. The van der Waals surface area contributed by atoms with Crippen molar-refractivity contribution in [2.75, 3.05) is 18.6 Å². The Morgan fingerprint density at radius 2 is 2.35 bits per heavy atom. The second kappa shape index (κ2) is 5.78. The predicted octanol–water partition coefficient (Wildman–Crippen LogP) is 3.14. The van der Waals surface area contributed by atoms with Gasteiger partial charge in [0.15, 0.2) is 0 Å². The van der Waals surface area contributed by atoms with Gasteiger partial charge in [-0.15, -0.1) is 0 Å². The SMILES string of the molecule is CSCCC(=O)Cc1cc(Cl)cc2c1OCC2. The van der Waals surface area contributed by atoms with E-state index in [4.69, 9.17) is 16.3 Å². The van der Waals surface area contributed by atoms with Crippen molar-refractivity contribution in [1.82, 2.24) is 0 Å². The number of hydrogen-bond donors (Lipinski definition) is 0. The lowest BCUT2D eigenvalue weighted by Gasteiger charge is -2.08. The lowest BCUT2D eigenvalue weighted by molar-refractivity contribution is -0.118. The van der Waals surface area contributed by atoms with Crippen LogP contribution in [0.4, 0.5) is 0 Å². The van der Waals surface area contributed by atoms with Crippen molar-refractivity contribution in [2.24, 2.45) is 0 Å². The average molecular weight is 271 g/mol. The van der Waals surface area contributed by atoms with Crippen LogP contribution >= 0.6 is 23.4 Å². The Balaban J connectivity index is 2.13. The fourth-order valence-electron chi connectivity index (χ4n) is 1.99. The van der Waals surface area contributed by atoms with Crippen LogP contribution < -0.4 is 4.74 Å². The zero-order valence-corrected chi connectivity index (χ0v) is 11.4. The highest BCUT2D eigenvalue weighted by atomic mass is 35.5. The molecule has 1 aromatic carbocycles. The van der Waals surface area contributed by atoms with E-state index in [1.807, 2.05) is 18.4 Å². The summed E-state index contributed by atoms with van der Waals surface area (Å²) < 4.78 is 5.57. The number of benzene rings is 1. The van der Waals surface area contributed by atoms with Gasteiger partial charge in [0.1, 0.15) is 11.5 Å². The van der Waals surface area contributed by atoms with E-state index in [1.54, 1.807) is 11.8 Å². The van der Waals surface area contributed by atoms with Gasteiger partial charge in [0.05, 0.1) is 6.61 Å². The summed E-state index contributed by atoms with van der Waals surface area (Å²) >= 11 is 7.74. The molecule has 0 fully saturated rings. The average Bonchev–Trinajstić information content (AvgIpc) is 2.74. The fraction of sp³-hybridized carbons (Fsp3) is 0.462. The first-order valence-corrected chi connectivity index (χ1v) is 7.42. The molecule has 1 aliphatic heterocycles. The zero-order valence-electron chi connectivity index (χ0n) is 9.79. The first kappa shape index (κ1) is 12.8. The Kier molecular flexibility index (Phi) is 4.35. The molecule has 17 heavy (non-hydrogen) atoms. The first-order valence-electron chi connectivity index (χ1n) is 5.65. The molecule has 0 saturated heterocycles. The molecule has 0 amide bonds. The van der Waals surface area contributed by atoms with E-state index in [0.29, 0.717) is 24.5 Å². The van der Waals surface area contributed by atoms with Gasteiger partial charge < -0.3 is 4.74 Å². The molecule has 0 aromatic heterocycles. The van der Waals surface area contributed by atoms with Gasteiger partial charge in [0.25, 0.3) is 0 Å². The molecule has 1 heterocycles. The van der Waals surface area contributed by atoms with E-state index in [-0.39, 0.29) is 5.78 Å². The summed E-state index contributed by atoms with van der Waals surface area (Å²) in [7, 11) is 0. The van der Waals surface area contributed by atoms with Crippen molar-refractivity contribution in [3.8, 4) is 5.75 Å². The lowest BCUT2D eigenvalue weighted by atomic mass is 10.0. The van der Waals surface area contributed by atoms with Crippen LogP contribution in [-0.2, 0) is 17.6 Å². The third-order valence-corrected chi connectivity index (χ3v) is 3.63. The number of rotatable bonds is 5. The van der Waals surface area contributed by atoms with Gasteiger partial charge in [-0.2, -0.15) is 11.8 Å². The molecule has 92 valence electrons. The second-order valence-corrected chi connectivity index (χ2v) is 5.53. The van der Waals surface area contributed by atoms with Crippen molar-refractivity contribution in [3.63, 3.8) is 0 Å². The topological polar surface area (TPSA) is 26.3 Å². The van der Waals surface area contributed by atoms with Crippen LogP contribution in [0.2, 0.25) is 5.02 Å². The highest BCUT2D eigenvalue weighted by Crippen LogP contribution is 2.33. The van der Waals surface area contributed by atoms with E-state index in [0.717, 1.165) is 29.1 Å². The van der Waals surface area contributed by atoms with Gasteiger partial charge in [0.2, 0.25) is 0 Å². The minimum absolute atomic E-state index is 0.249. The molecular weight excluding hydrogens is 256 g/mol. The summed E-state index contributed by atoms with van der Waals surface area (Å²) in [5.74, 6) is 2.01. The van der Waals surface area contributed by atoms with Crippen LogP contribution in [-0.4, -0.2) is 24.4 Å². The quantitative estimate of drug-likeness (QED) is 0.822. The van der Waals surface area contributed by atoms with Crippen molar-refractivity contribution in [2.45, 2.75) is 19.3 Å². The minimum Gasteiger partial charge on any atom is -0.493 e. The van der Waals surface area contributed by atoms with E-state index in [9.17, 15) is 4.79 Å². The molecule has 2 rings (SSSR count). The summed E-state index contributed by atoms with van der Waals surface area (Å²) in [5, 5.41) is 0.696. The lowest BCUT2D eigenvalue weighted by Crippen LogP contribution is -2.05. The number of halogens is 1. The molecule has 1 aliphatic rings. The van der Waals surface area contributed by atoms with Gasteiger partial charge >= 0.3 is 0 Å². The highest BCUT2D eigenvalue weighted by Gasteiger charge is 2.19. The summed E-state index contributed by atoms with van der Waals surface area (Å²) in [6.07, 6.45) is 3.95. The normalized spacial score (nSPS) is 13.3. The van der Waals surface area contributed by atoms with Crippen LogP contribution in [0.25, 0.3) is 0 Å². The smallest absolute Gasteiger partial charge is 0.138 e. The van der Waals surface area contributed by atoms with Gasteiger partial charge in [-0.25, -0.2) is 0 Å². The van der Waals surface area contributed by atoms with Crippen molar-refractivity contribution >= 4 is 29.1 Å². The largest absolute Gasteiger partial charge is 0.493 e. The number of fused-ring (bicyclic) bond motifs is 1. The molecule has 4 heteroatoms. The van der Waals surface area contributed by atoms with E-state index >= 15 is 0 Å². The number of carbonyl (C=O) groups excluding carboxylic acids is 1. The molecule has 0 atom stereocenters. The molecule has 2 nitrogen and oxygen atoms in total. The molecule has 0 radical (unpaired) electrons. The van der Waals surface area contributed by atoms with Crippen molar-refractivity contribution in [1.29, 1.82) is 0 Å². The number of Topliss-reactive ketones (excluding diaryl/α,β-unsaturated/α-hetero) is 1. The Bertz CT molecular complexity index is 432. The number of hydrogen-bond acceptors (Lipinski definition) is 3. The third kappa shape index (κ3) is 3.17. The number of thioether (sulfide) groups is 1. The predicted molar refractivity (Wildman–Crippen MR) is 72.4 cm³/mol. The van der Waals surface area contributed by atoms with Crippen LogP contribution in [0.3, 0.4) is 0 Å². The Labute approximate surface area is 111 Å². The molecule has 0 saturated carbocycles. The monoisotopic (exact) mass is 270 g/mol. The maximum atomic E-state index is 11.8. The Morgan fingerprint density at radius 3 is 3.12 bits per heavy atom. The van der Waals surface area contributed by atoms with Gasteiger partial charge in [0, 0.05) is 29.8 Å². The van der Waals surface area contributed by atoms with Crippen LogP contribution in [0.1, 0.15) is 17.5 Å². The van der Waals surface area contributed by atoms with E-state index < -0.39 is 0 Å². The third-order valence-electron chi connectivity index (χ3n) is 2.80. The summed E-state index contributed by atoms with van der Waals surface area (Å²) in [5.41, 5.74) is 2.07. The number of carbonyl (C=O) groups is 1. The van der Waals surface area contributed by atoms with Crippen LogP contribution in [0.5, 0.6) is 5.75 Å². The Hall–Kier alpha value is -0.670. The molecule has 0 unspecified atom stereocenters. The first-order chi connectivity index (χ1) is 8.20. The molecule has 1 aromatic rings. The minimum atomic E-state index is 0.249. The van der Waals surface area contributed by atoms with Crippen molar-refractivity contribution in [3.05, 3.63) is 28.3 Å². The van der Waals surface area contributed by atoms with Gasteiger partial charge in [-0.05, 0) is 29.7 Å². The van der Waals surface area contributed by atoms with E-state index in [2.05, 4.69) is 0 Å². The molecule has 0 spiro atoms. The maximum Gasteiger partial charge on any atom is 0.138 e. The van der Waals surface area contributed by atoms with Crippen LogP contribution in [0, 0.1) is 0 Å². The standard InChI is InChI=1S/C13H15ClO2S/c1-17-5-3-12(15)8-10-7-11(14)6-9-2-4-16-13(9)10/h6-7H,2-5,8H2,1H3. The molecule has 0 N–H and O–H groups in total. The zero-order chi connectivity index (χ0) is 12.3. The maximum absolute atomic E-state index is 11.8. The number of ether oxygens (including phenoxy) is 1. The van der Waals surface area contributed by atoms with Crippen molar-refractivity contribution < 1.29 is 9.53 Å².